The molecule has 0 radical (unpaired) electrons. The van der Waals surface area contributed by atoms with E-state index in [-0.39, 0.29) is 18.6 Å². The molecule has 148 valence electrons. The second kappa shape index (κ2) is 8.65. The van der Waals surface area contributed by atoms with Crippen molar-refractivity contribution in [3.63, 3.8) is 0 Å². The summed E-state index contributed by atoms with van der Waals surface area (Å²) in [6, 6.07) is 17.1. The molecule has 6 heteroatoms. The van der Waals surface area contributed by atoms with Gasteiger partial charge in [-0.05, 0) is 53.9 Å². The molecule has 4 rings (SSSR count). The minimum absolute atomic E-state index is 0.100. The molecule has 0 bridgehead atoms. The van der Waals surface area contributed by atoms with Gasteiger partial charge in [-0.3, -0.25) is 9.78 Å². The van der Waals surface area contributed by atoms with Gasteiger partial charge in [0, 0.05) is 30.4 Å². The fourth-order valence-electron chi connectivity index (χ4n) is 3.34. The fraction of sp³-hybridized carbons (Fsp3) is 0.217. The number of nitrogens with zero attached hydrogens (tertiary/aromatic N) is 1. The minimum atomic E-state index is -0.145. The zero-order chi connectivity index (χ0) is 20.1. The average Bonchev–Trinajstić information content (AvgIpc) is 3.25. The van der Waals surface area contributed by atoms with E-state index in [4.69, 9.17) is 14.2 Å². The number of rotatable bonds is 7. The highest BCUT2D eigenvalue weighted by Crippen LogP contribution is 2.32. The lowest BCUT2D eigenvalue weighted by atomic mass is 9.92. The minimum Gasteiger partial charge on any atom is -0.497 e. The van der Waals surface area contributed by atoms with Crippen molar-refractivity contribution in [3.05, 3.63) is 83.7 Å². The maximum Gasteiger partial charge on any atom is 0.251 e. The molecule has 1 aromatic heterocycles. The Morgan fingerprint density at radius 2 is 1.97 bits per heavy atom. The van der Waals surface area contributed by atoms with Crippen molar-refractivity contribution in [2.75, 3.05) is 20.4 Å². The summed E-state index contributed by atoms with van der Waals surface area (Å²) in [5.74, 6) is 2.02. The van der Waals surface area contributed by atoms with Crippen LogP contribution in [0.5, 0.6) is 17.2 Å². The van der Waals surface area contributed by atoms with E-state index in [1.807, 2.05) is 42.6 Å². The number of carbonyl (C=O) groups is 1. The molecule has 3 aromatic rings. The van der Waals surface area contributed by atoms with Gasteiger partial charge < -0.3 is 19.5 Å². The van der Waals surface area contributed by atoms with Crippen LogP contribution in [0.2, 0.25) is 0 Å². The van der Waals surface area contributed by atoms with Crippen molar-refractivity contribution >= 4 is 5.91 Å². The fourth-order valence-corrected chi connectivity index (χ4v) is 3.34. The summed E-state index contributed by atoms with van der Waals surface area (Å²) < 4.78 is 15.9. The Balaban J connectivity index is 1.49. The van der Waals surface area contributed by atoms with Crippen molar-refractivity contribution in [2.24, 2.45) is 0 Å². The number of carbonyl (C=O) groups excluding carboxylic acids is 1. The van der Waals surface area contributed by atoms with Gasteiger partial charge in [-0.15, -0.1) is 0 Å². The molecule has 29 heavy (non-hydrogen) atoms. The number of amides is 1. The summed E-state index contributed by atoms with van der Waals surface area (Å²) in [6.45, 7) is 0.680. The van der Waals surface area contributed by atoms with Gasteiger partial charge in [0.25, 0.3) is 5.91 Å². The summed E-state index contributed by atoms with van der Waals surface area (Å²) in [6.07, 6.45) is 4.38. The molecule has 1 aliphatic heterocycles. The van der Waals surface area contributed by atoms with Gasteiger partial charge in [-0.1, -0.05) is 18.2 Å². The zero-order valence-corrected chi connectivity index (χ0v) is 16.1. The predicted octanol–water partition coefficient (Wildman–Crippen LogP) is 3.58. The third-order valence-corrected chi connectivity index (χ3v) is 4.94. The van der Waals surface area contributed by atoms with E-state index in [9.17, 15) is 4.79 Å². The van der Waals surface area contributed by atoms with E-state index in [2.05, 4.69) is 10.3 Å². The molecule has 1 aliphatic rings. The molecule has 0 spiro atoms. The van der Waals surface area contributed by atoms with E-state index in [0.717, 1.165) is 23.3 Å². The van der Waals surface area contributed by atoms with Crippen LogP contribution < -0.4 is 19.5 Å². The van der Waals surface area contributed by atoms with Crippen molar-refractivity contribution in [2.45, 2.75) is 12.3 Å². The molecule has 0 saturated carbocycles. The maximum atomic E-state index is 12.7. The van der Waals surface area contributed by atoms with Gasteiger partial charge in [-0.2, -0.15) is 0 Å². The van der Waals surface area contributed by atoms with Crippen LogP contribution in [0, 0.1) is 0 Å². The Kier molecular flexibility index (Phi) is 5.61. The number of benzene rings is 2. The van der Waals surface area contributed by atoms with Crippen LogP contribution in [0.4, 0.5) is 0 Å². The highest BCUT2D eigenvalue weighted by molar-refractivity contribution is 5.95. The number of hydrogen-bond acceptors (Lipinski definition) is 5. The molecular weight excluding hydrogens is 368 g/mol. The largest absolute Gasteiger partial charge is 0.497 e. The molecule has 0 saturated heterocycles. The highest BCUT2D eigenvalue weighted by atomic mass is 16.7. The van der Waals surface area contributed by atoms with Crippen LogP contribution in [-0.2, 0) is 6.42 Å². The molecule has 1 unspecified atom stereocenters. The molecule has 2 heterocycles. The van der Waals surface area contributed by atoms with E-state index in [1.54, 1.807) is 31.5 Å². The first-order chi connectivity index (χ1) is 14.2. The van der Waals surface area contributed by atoms with E-state index in [0.29, 0.717) is 23.6 Å². The first kappa shape index (κ1) is 18.8. The molecule has 1 N–H and O–H groups in total. The van der Waals surface area contributed by atoms with Crippen LogP contribution in [0.3, 0.4) is 0 Å². The summed E-state index contributed by atoms with van der Waals surface area (Å²) >= 11 is 0. The van der Waals surface area contributed by atoms with Crippen molar-refractivity contribution < 1.29 is 19.0 Å². The number of methoxy groups -OCH3 is 1. The topological polar surface area (TPSA) is 69.7 Å². The quantitative estimate of drug-likeness (QED) is 0.668. The highest BCUT2D eigenvalue weighted by Gasteiger charge is 2.18. The lowest BCUT2D eigenvalue weighted by Gasteiger charge is -2.19. The third-order valence-electron chi connectivity index (χ3n) is 4.94. The molecule has 0 aliphatic carbocycles. The standard InChI is InChI=1S/C23H22N2O4/c1-27-20-7-4-17(5-8-20)19(11-16-3-2-10-24-13-16)14-25-23(26)18-6-9-21-22(12-18)29-15-28-21/h2-10,12-13,19H,11,14-15H2,1H3,(H,25,26). The van der Waals surface area contributed by atoms with Gasteiger partial charge in [0.05, 0.1) is 7.11 Å². The lowest BCUT2D eigenvalue weighted by molar-refractivity contribution is 0.0950. The molecule has 1 amide bonds. The number of pyridine rings is 1. The zero-order valence-electron chi connectivity index (χ0n) is 16.1. The Morgan fingerprint density at radius 3 is 2.72 bits per heavy atom. The first-order valence-corrected chi connectivity index (χ1v) is 9.43. The summed E-state index contributed by atoms with van der Waals surface area (Å²) in [5, 5.41) is 3.05. The summed E-state index contributed by atoms with van der Waals surface area (Å²) in [5.41, 5.74) is 2.79. The molecule has 6 nitrogen and oxygen atoms in total. The second-order valence-corrected chi connectivity index (χ2v) is 6.81. The number of fused-ring (bicyclic) bond motifs is 1. The normalized spacial score (nSPS) is 13.0. The SMILES string of the molecule is COc1ccc(C(CNC(=O)c2ccc3c(c2)OCO3)Cc2cccnc2)cc1. The van der Waals surface area contributed by atoms with Crippen molar-refractivity contribution in [3.8, 4) is 17.2 Å². The lowest BCUT2D eigenvalue weighted by Crippen LogP contribution is -2.29. The van der Waals surface area contributed by atoms with E-state index in [1.165, 1.54) is 0 Å². The van der Waals surface area contributed by atoms with Crippen LogP contribution in [-0.4, -0.2) is 31.3 Å². The maximum absolute atomic E-state index is 12.7. The van der Waals surface area contributed by atoms with Crippen molar-refractivity contribution in [1.82, 2.24) is 10.3 Å². The molecule has 2 aromatic carbocycles. The van der Waals surface area contributed by atoms with E-state index < -0.39 is 0 Å². The van der Waals surface area contributed by atoms with Gasteiger partial charge in [-0.25, -0.2) is 0 Å². The van der Waals surface area contributed by atoms with Gasteiger partial charge in [0.2, 0.25) is 6.79 Å². The van der Waals surface area contributed by atoms with Gasteiger partial charge >= 0.3 is 0 Å². The number of nitrogens with one attached hydrogen (secondary N) is 1. The Labute approximate surface area is 169 Å². The molecule has 1 atom stereocenters. The molecule has 0 fully saturated rings. The van der Waals surface area contributed by atoms with E-state index >= 15 is 0 Å². The monoisotopic (exact) mass is 390 g/mol. The molecular formula is C23H22N2O4. The Bertz CT molecular complexity index is 974. The number of aromatic nitrogens is 1. The first-order valence-electron chi connectivity index (χ1n) is 9.43. The van der Waals surface area contributed by atoms with Crippen LogP contribution in [0.1, 0.15) is 27.4 Å². The summed E-state index contributed by atoms with van der Waals surface area (Å²) in [7, 11) is 1.65. The smallest absolute Gasteiger partial charge is 0.251 e. The third kappa shape index (κ3) is 4.48. The van der Waals surface area contributed by atoms with Crippen molar-refractivity contribution in [1.29, 1.82) is 0 Å². The average molecular weight is 390 g/mol. The Morgan fingerprint density at radius 1 is 1.14 bits per heavy atom. The number of hydrogen-bond donors (Lipinski definition) is 1. The van der Waals surface area contributed by atoms with Crippen LogP contribution in [0.25, 0.3) is 0 Å². The second-order valence-electron chi connectivity index (χ2n) is 6.81. The van der Waals surface area contributed by atoms with Gasteiger partial charge in [0.15, 0.2) is 11.5 Å². The summed E-state index contributed by atoms with van der Waals surface area (Å²) in [4.78, 5) is 16.9. The predicted molar refractivity (Wildman–Crippen MR) is 109 cm³/mol. The van der Waals surface area contributed by atoms with Crippen LogP contribution in [0.15, 0.2) is 67.0 Å². The van der Waals surface area contributed by atoms with Gasteiger partial charge in [0.1, 0.15) is 5.75 Å². The number of ether oxygens (including phenoxy) is 3. The Hall–Kier alpha value is -3.54. The van der Waals surface area contributed by atoms with Crippen LogP contribution >= 0.6 is 0 Å².